The summed E-state index contributed by atoms with van der Waals surface area (Å²) in [6, 6.07) is 7.64. The van der Waals surface area contributed by atoms with E-state index in [1.165, 1.54) is 31.5 Å². The van der Waals surface area contributed by atoms with Crippen LogP contribution in [0.5, 0.6) is 5.88 Å². The first-order valence-electron chi connectivity index (χ1n) is 8.38. The summed E-state index contributed by atoms with van der Waals surface area (Å²) in [5, 5.41) is 5.35. The molecule has 0 aliphatic carbocycles. The molecule has 0 aliphatic rings. The average Bonchev–Trinajstić information content (AvgIpc) is 2.67. The second-order valence-electron chi connectivity index (χ2n) is 5.97. The molecule has 0 fully saturated rings. The standard InChI is InChI=1S/C19H20ClN3O5/c1-11(2)28-19-15(20)8-13(9-22-19)18(26)23-14-6-4-12(5-7-14)17(25)21-10-16(24)27-3/h4-9,11H,10H2,1-3H3,(H,21,25)(H,23,26). The van der Waals surface area contributed by atoms with E-state index in [-0.39, 0.29) is 29.1 Å². The maximum Gasteiger partial charge on any atom is 0.325 e. The predicted octanol–water partition coefficient (Wildman–Crippen LogP) is 2.68. The van der Waals surface area contributed by atoms with Crippen LogP contribution in [0.3, 0.4) is 0 Å². The van der Waals surface area contributed by atoms with E-state index in [1.54, 1.807) is 12.1 Å². The number of ether oxygens (including phenoxy) is 2. The number of hydrogen-bond donors (Lipinski definition) is 2. The molecule has 1 heterocycles. The largest absolute Gasteiger partial charge is 0.474 e. The molecule has 0 atom stereocenters. The lowest BCUT2D eigenvalue weighted by atomic mass is 10.2. The molecule has 0 saturated carbocycles. The Labute approximate surface area is 167 Å². The zero-order valence-electron chi connectivity index (χ0n) is 15.6. The zero-order valence-corrected chi connectivity index (χ0v) is 16.4. The number of carbonyl (C=O) groups excluding carboxylic acids is 3. The van der Waals surface area contributed by atoms with Gasteiger partial charge in [0.2, 0.25) is 5.88 Å². The number of methoxy groups -OCH3 is 1. The quantitative estimate of drug-likeness (QED) is 0.686. The summed E-state index contributed by atoms with van der Waals surface area (Å²) in [5.74, 6) is -1.13. The van der Waals surface area contributed by atoms with Crippen LogP contribution in [0.4, 0.5) is 5.69 Å². The molecule has 0 unspecified atom stereocenters. The van der Waals surface area contributed by atoms with Crippen LogP contribution >= 0.6 is 11.6 Å². The van der Waals surface area contributed by atoms with Crippen LogP contribution in [0.15, 0.2) is 36.5 Å². The third kappa shape index (κ3) is 5.95. The molecule has 0 aliphatic heterocycles. The second-order valence-corrected chi connectivity index (χ2v) is 6.38. The highest BCUT2D eigenvalue weighted by molar-refractivity contribution is 6.32. The monoisotopic (exact) mass is 405 g/mol. The molecular weight excluding hydrogens is 386 g/mol. The van der Waals surface area contributed by atoms with Crippen molar-refractivity contribution in [2.75, 3.05) is 19.0 Å². The van der Waals surface area contributed by atoms with Gasteiger partial charge < -0.3 is 20.1 Å². The Morgan fingerprint density at radius 2 is 1.79 bits per heavy atom. The van der Waals surface area contributed by atoms with Crippen molar-refractivity contribution in [1.29, 1.82) is 0 Å². The maximum absolute atomic E-state index is 12.3. The highest BCUT2D eigenvalue weighted by Crippen LogP contribution is 2.24. The molecule has 9 heteroatoms. The van der Waals surface area contributed by atoms with Crippen LogP contribution < -0.4 is 15.4 Å². The number of nitrogens with one attached hydrogen (secondary N) is 2. The lowest BCUT2D eigenvalue weighted by Gasteiger charge is -2.11. The van der Waals surface area contributed by atoms with Crippen molar-refractivity contribution in [3.8, 4) is 5.88 Å². The number of carbonyl (C=O) groups is 3. The maximum atomic E-state index is 12.3. The summed E-state index contributed by atoms with van der Waals surface area (Å²) in [7, 11) is 1.24. The molecule has 1 aromatic carbocycles. The third-order valence-electron chi connectivity index (χ3n) is 3.44. The normalized spacial score (nSPS) is 10.3. The van der Waals surface area contributed by atoms with Crippen molar-refractivity contribution < 1.29 is 23.9 Å². The van der Waals surface area contributed by atoms with E-state index >= 15 is 0 Å². The molecule has 2 amide bonds. The van der Waals surface area contributed by atoms with Gasteiger partial charge in [-0.15, -0.1) is 0 Å². The Morgan fingerprint density at radius 1 is 1.11 bits per heavy atom. The molecule has 148 valence electrons. The molecule has 8 nitrogen and oxygen atoms in total. The summed E-state index contributed by atoms with van der Waals surface area (Å²) in [6.45, 7) is 3.47. The minimum absolute atomic E-state index is 0.0898. The number of rotatable bonds is 7. The summed E-state index contributed by atoms with van der Waals surface area (Å²) in [5.41, 5.74) is 1.08. The van der Waals surface area contributed by atoms with Gasteiger partial charge >= 0.3 is 5.97 Å². The van der Waals surface area contributed by atoms with Crippen molar-refractivity contribution in [3.05, 3.63) is 52.7 Å². The third-order valence-corrected chi connectivity index (χ3v) is 3.71. The average molecular weight is 406 g/mol. The fourth-order valence-corrected chi connectivity index (χ4v) is 2.31. The van der Waals surface area contributed by atoms with Gasteiger partial charge in [-0.25, -0.2) is 4.98 Å². The minimum Gasteiger partial charge on any atom is -0.474 e. The van der Waals surface area contributed by atoms with Gasteiger partial charge in [0, 0.05) is 17.4 Å². The zero-order chi connectivity index (χ0) is 20.7. The van der Waals surface area contributed by atoms with E-state index in [1.807, 2.05) is 13.8 Å². The number of nitrogens with zero attached hydrogens (tertiary/aromatic N) is 1. The van der Waals surface area contributed by atoms with Gasteiger partial charge in [0.1, 0.15) is 11.6 Å². The van der Waals surface area contributed by atoms with Crippen molar-refractivity contribution in [3.63, 3.8) is 0 Å². The number of aromatic nitrogens is 1. The lowest BCUT2D eigenvalue weighted by Crippen LogP contribution is -2.30. The SMILES string of the molecule is COC(=O)CNC(=O)c1ccc(NC(=O)c2cnc(OC(C)C)c(Cl)c2)cc1. The summed E-state index contributed by atoms with van der Waals surface area (Å²) in [4.78, 5) is 39.4. The van der Waals surface area contributed by atoms with Gasteiger partial charge in [-0.3, -0.25) is 14.4 Å². The highest BCUT2D eigenvalue weighted by Gasteiger charge is 2.13. The van der Waals surface area contributed by atoms with E-state index in [2.05, 4.69) is 20.4 Å². The van der Waals surface area contributed by atoms with E-state index in [4.69, 9.17) is 16.3 Å². The fourth-order valence-electron chi connectivity index (χ4n) is 2.09. The smallest absolute Gasteiger partial charge is 0.325 e. The molecule has 2 N–H and O–H groups in total. The van der Waals surface area contributed by atoms with Crippen molar-refractivity contribution in [1.82, 2.24) is 10.3 Å². The molecule has 28 heavy (non-hydrogen) atoms. The van der Waals surface area contributed by atoms with Crippen molar-refractivity contribution in [2.45, 2.75) is 20.0 Å². The number of esters is 1. The van der Waals surface area contributed by atoms with Crippen LogP contribution in [0, 0.1) is 0 Å². The van der Waals surface area contributed by atoms with Gasteiger partial charge in [0.05, 0.1) is 18.8 Å². The number of hydrogen-bond acceptors (Lipinski definition) is 6. The Kier molecular flexibility index (Phi) is 7.34. The number of anilines is 1. The lowest BCUT2D eigenvalue weighted by molar-refractivity contribution is -0.139. The number of benzene rings is 1. The van der Waals surface area contributed by atoms with Crippen molar-refractivity contribution in [2.24, 2.45) is 0 Å². The number of amides is 2. The van der Waals surface area contributed by atoms with Gasteiger partial charge in [0.25, 0.3) is 11.8 Å². The van der Waals surface area contributed by atoms with E-state index in [0.29, 0.717) is 11.3 Å². The number of pyridine rings is 1. The van der Waals surface area contributed by atoms with Crippen LogP contribution in [0.2, 0.25) is 5.02 Å². The van der Waals surface area contributed by atoms with Crippen LogP contribution in [0.25, 0.3) is 0 Å². The van der Waals surface area contributed by atoms with Gasteiger partial charge in [-0.05, 0) is 44.2 Å². The summed E-state index contributed by atoms with van der Waals surface area (Å²) in [6.07, 6.45) is 1.28. The van der Waals surface area contributed by atoms with Crippen molar-refractivity contribution >= 4 is 35.1 Å². The molecule has 0 radical (unpaired) electrons. The first kappa shape index (κ1) is 21.2. The highest BCUT2D eigenvalue weighted by atomic mass is 35.5. The minimum atomic E-state index is -0.547. The second kappa shape index (κ2) is 9.70. The van der Waals surface area contributed by atoms with E-state index in [0.717, 1.165) is 0 Å². The van der Waals surface area contributed by atoms with Gasteiger partial charge in [0.15, 0.2) is 0 Å². The molecule has 2 rings (SSSR count). The number of halogens is 1. The van der Waals surface area contributed by atoms with E-state index in [9.17, 15) is 14.4 Å². The Morgan fingerprint density at radius 3 is 2.36 bits per heavy atom. The topological polar surface area (TPSA) is 107 Å². The Bertz CT molecular complexity index is 868. The summed E-state index contributed by atoms with van der Waals surface area (Å²) >= 11 is 6.09. The van der Waals surface area contributed by atoms with Crippen LogP contribution in [0.1, 0.15) is 34.6 Å². The predicted molar refractivity (Wildman–Crippen MR) is 104 cm³/mol. The van der Waals surface area contributed by atoms with Gasteiger partial charge in [-0.1, -0.05) is 11.6 Å². The molecular formula is C19H20ClN3O5. The molecule has 0 spiro atoms. The molecule has 0 bridgehead atoms. The fraction of sp³-hybridized carbons (Fsp3) is 0.263. The first-order valence-corrected chi connectivity index (χ1v) is 8.76. The summed E-state index contributed by atoms with van der Waals surface area (Å²) < 4.78 is 9.89. The Hall–Kier alpha value is -3.13. The first-order chi connectivity index (χ1) is 13.3. The molecule has 2 aromatic rings. The van der Waals surface area contributed by atoms with E-state index < -0.39 is 17.8 Å². The van der Waals surface area contributed by atoms with Crippen LogP contribution in [-0.4, -0.2) is 42.5 Å². The van der Waals surface area contributed by atoms with Gasteiger partial charge in [-0.2, -0.15) is 0 Å². The van der Waals surface area contributed by atoms with Crippen LogP contribution in [-0.2, 0) is 9.53 Å². The molecule has 0 saturated heterocycles. The molecule has 1 aromatic heterocycles. The Balaban J connectivity index is 2.00.